The van der Waals surface area contributed by atoms with Crippen LogP contribution in [0.25, 0.3) is 11.5 Å². The maximum absolute atomic E-state index is 13.2. The molecule has 2 amide bonds. The summed E-state index contributed by atoms with van der Waals surface area (Å²) in [6.07, 6.45) is 0.903. The van der Waals surface area contributed by atoms with Crippen molar-refractivity contribution in [2.75, 3.05) is 11.9 Å². The molecular weight excluding hydrogens is 471 g/mol. The Hall–Kier alpha value is -3.09. The summed E-state index contributed by atoms with van der Waals surface area (Å²) in [5.41, 5.74) is 0.506. The molecule has 0 aliphatic carbocycles. The molecule has 1 aromatic carbocycles. The van der Waals surface area contributed by atoms with E-state index in [4.69, 9.17) is 4.42 Å². The predicted molar refractivity (Wildman–Crippen MR) is 119 cm³/mol. The van der Waals surface area contributed by atoms with Crippen LogP contribution in [0.1, 0.15) is 25.5 Å². The van der Waals surface area contributed by atoms with Gasteiger partial charge in [0, 0.05) is 18.8 Å². The fraction of sp³-hybridized carbons (Fsp3) is 0.286. The van der Waals surface area contributed by atoms with E-state index < -0.39 is 27.8 Å². The van der Waals surface area contributed by atoms with E-state index in [1.165, 1.54) is 30.4 Å². The molecule has 33 heavy (non-hydrogen) atoms. The SMILES string of the molecule is CC(=O)NCc1ccc(-c2csc(NC(=O)C3CCCN3S(=O)(=O)c3ccc(F)cc3)n2)o1. The smallest absolute Gasteiger partial charge is 0.244 e. The fourth-order valence-corrected chi connectivity index (χ4v) is 5.85. The number of hydrogen-bond donors (Lipinski definition) is 2. The Labute approximate surface area is 193 Å². The van der Waals surface area contributed by atoms with E-state index in [0.29, 0.717) is 35.2 Å². The van der Waals surface area contributed by atoms with Gasteiger partial charge in [-0.3, -0.25) is 9.59 Å². The highest BCUT2D eigenvalue weighted by Crippen LogP contribution is 2.29. The molecule has 0 bridgehead atoms. The molecule has 0 saturated carbocycles. The largest absolute Gasteiger partial charge is 0.458 e. The number of rotatable bonds is 7. The lowest BCUT2D eigenvalue weighted by Crippen LogP contribution is -2.43. The first-order chi connectivity index (χ1) is 15.7. The molecule has 3 aromatic rings. The monoisotopic (exact) mass is 492 g/mol. The Kier molecular flexibility index (Phi) is 6.58. The summed E-state index contributed by atoms with van der Waals surface area (Å²) in [6, 6.07) is 7.07. The van der Waals surface area contributed by atoms with Crippen molar-refractivity contribution in [2.45, 2.75) is 37.2 Å². The summed E-state index contributed by atoms with van der Waals surface area (Å²) in [4.78, 5) is 28.2. The highest BCUT2D eigenvalue weighted by atomic mass is 32.2. The molecule has 1 atom stereocenters. The van der Waals surface area contributed by atoms with Gasteiger partial charge < -0.3 is 15.1 Å². The van der Waals surface area contributed by atoms with Crippen LogP contribution in [0.5, 0.6) is 0 Å². The van der Waals surface area contributed by atoms with Gasteiger partial charge in [-0.1, -0.05) is 0 Å². The molecule has 3 heterocycles. The normalized spacial score (nSPS) is 16.6. The maximum atomic E-state index is 13.2. The fourth-order valence-electron chi connectivity index (χ4n) is 3.49. The van der Waals surface area contributed by atoms with Crippen LogP contribution in [0.4, 0.5) is 9.52 Å². The summed E-state index contributed by atoms with van der Waals surface area (Å²) >= 11 is 1.18. The van der Waals surface area contributed by atoms with Crippen molar-refractivity contribution >= 4 is 38.3 Å². The number of anilines is 1. The van der Waals surface area contributed by atoms with Crippen LogP contribution < -0.4 is 10.6 Å². The summed E-state index contributed by atoms with van der Waals surface area (Å²) in [6.45, 7) is 1.86. The van der Waals surface area contributed by atoms with Gasteiger partial charge in [0.25, 0.3) is 0 Å². The van der Waals surface area contributed by atoms with Gasteiger partial charge >= 0.3 is 0 Å². The first kappa shape index (κ1) is 23.1. The molecule has 0 spiro atoms. The van der Waals surface area contributed by atoms with Crippen molar-refractivity contribution in [3.05, 3.63) is 53.4 Å². The van der Waals surface area contributed by atoms with Crippen molar-refractivity contribution in [3.63, 3.8) is 0 Å². The van der Waals surface area contributed by atoms with Gasteiger partial charge in [0.15, 0.2) is 10.9 Å². The first-order valence-electron chi connectivity index (χ1n) is 10.1. The lowest BCUT2D eigenvalue weighted by molar-refractivity contribution is -0.119. The molecule has 1 fully saturated rings. The average molecular weight is 493 g/mol. The van der Waals surface area contributed by atoms with Gasteiger partial charge in [-0.15, -0.1) is 11.3 Å². The highest BCUT2D eigenvalue weighted by Gasteiger charge is 2.39. The van der Waals surface area contributed by atoms with Gasteiger partial charge in [0.2, 0.25) is 21.8 Å². The Morgan fingerprint density at radius 3 is 2.73 bits per heavy atom. The molecule has 1 aliphatic rings. The number of aromatic nitrogens is 1. The second-order valence-electron chi connectivity index (χ2n) is 7.43. The number of nitrogens with zero attached hydrogens (tertiary/aromatic N) is 2. The molecule has 0 radical (unpaired) electrons. The predicted octanol–water partition coefficient (Wildman–Crippen LogP) is 2.97. The van der Waals surface area contributed by atoms with Crippen molar-refractivity contribution in [1.82, 2.24) is 14.6 Å². The quantitative estimate of drug-likeness (QED) is 0.523. The van der Waals surface area contributed by atoms with E-state index in [-0.39, 0.29) is 23.9 Å². The second kappa shape index (κ2) is 9.41. The summed E-state index contributed by atoms with van der Waals surface area (Å²) in [5, 5.41) is 7.34. The number of sulfonamides is 1. The summed E-state index contributed by atoms with van der Waals surface area (Å²) in [7, 11) is -3.94. The third kappa shape index (κ3) is 5.13. The number of carbonyl (C=O) groups excluding carboxylic acids is 2. The number of carbonyl (C=O) groups is 2. The number of amides is 2. The summed E-state index contributed by atoms with van der Waals surface area (Å²) in [5.74, 6) is -0.151. The van der Waals surface area contributed by atoms with Crippen LogP contribution in [0.15, 0.2) is 51.1 Å². The standard InChI is InChI=1S/C21H21FN4O5S2/c1-13(27)23-11-15-6-9-19(31-15)17-12-32-21(24-17)25-20(28)18-3-2-10-26(18)33(29,30)16-7-4-14(22)5-8-16/h4-9,12,18H,2-3,10-11H2,1H3,(H,23,27)(H,24,25,28). The Balaban J connectivity index is 1.44. The number of nitrogens with one attached hydrogen (secondary N) is 2. The number of halogens is 1. The third-order valence-electron chi connectivity index (χ3n) is 5.09. The van der Waals surface area contributed by atoms with Crippen molar-refractivity contribution < 1.29 is 26.8 Å². The van der Waals surface area contributed by atoms with E-state index in [9.17, 15) is 22.4 Å². The molecule has 9 nitrogen and oxygen atoms in total. The zero-order valence-electron chi connectivity index (χ0n) is 17.6. The van der Waals surface area contributed by atoms with Gasteiger partial charge in [-0.2, -0.15) is 4.31 Å². The number of furan rings is 1. The average Bonchev–Trinajstić information content (AvgIpc) is 3.52. The second-order valence-corrected chi connectivity index (χ2v) is 10.2. The van der Waals surface area contributed by atoms with Crippen molar-refractivity contribution in [1.29, 1.82) is 0 Å². The number of benzene rings is 1. The van der Waals surface area contributed by atoms with Crippen LogP contribution in [-0.2, 0) is 26.2 Å². The number of thiazole rings is 1. The molecule has 1 saturated heterocycles. The van der Waals surface area contributed by atoms with Gasteiger partial charge in [-0.25, -0.2) is 17.8 Å². The van der Waals surface area contributed by atoms with E-state index in [1.807, 2.05) is 0 Å². The summed E-state index contributed by atoms with van der Waals surface area (Å²) < 4.78 is 45.9. The van der Waals surface area contributed by atoms with Gasteiger partial charge in [0.05, 0.1) is 11.4 Å². The molecular formula is C21H21FN4O5S2. The van der Waals surface area contributed by atoms with E-state index in [1.54, 1.807) is 17.5 Å². The van der Waals surface area contributed by atoms with Gasteiger partial charge in [-0.05, 0) is 49.2 Å². The van der Waals surface area contributed by atoms with Crippen LogP contribution in [0.3, 0.4) is 0 Å². The van der Waals surface area contributed by atoms with E-state index in [0.717, 1.165) is 16.4 Å². The third-order valence-corrected chi connectivity index (χ3v) is 7.77. The highest BCUT2D eigenvalue weighted by molar-refractivity contribution is 7.89. The minimum Gasteiger partial charge on any atom is -0.458 e. The van der Waals surface area contributed by atoms with E-state index in [2.05, 4.69) is 15.6 Å². The van der Waals surface area contributed by atoms with Crippen LogP contribution >= 0.6 is 11.3 Å². The molecule has 4 rings (SSSR count). The van der Waals surface area contributed by atoms with Gasteiger partial charge in [0.1, 0.15) is 23.3 Å². The molecule has 2 aromatic heterocycles. The maximum Gasteiger partial charge on any atom is 0.244 e. The zero-order chi connectivity index (χ0) is 23.6. The molecule has 12 heteroatoms. The Bertz CT molecular complexity index is 1270. The van der Waals surface area contributed by atoms with Crippen LogP contribution in [-0.4, -0.2) is 42.1 Å². The number of hydrogen-bond acceptors (Lipinski definition) is 7. The lowest BCUT2D eigenvalue weighted by atomic mass is 10.2. The first-order valence-corrected chi connectivity index (χ1v) is 12.4. The molecule has 2 N–H and O–H groups in total. The lowest BCUT2D eigenvalue weighted by Gasteiger charge is -2.23. The van der Waals surface area contributed by atoms with Crippen LogP contribution in [0.2, 0.25) is 0 Å². The van der Waals surface area contributed by atoms with E-state index >= 15 is 0 Å². The topological polar surface area (TPSA) is 122 Å². The van der Waals surface area contributed by atoms with Crippen LogP contribution in [0, 0.1) is 5.82 Å². The Morgan fingerprint density at radius 2 is 2.00 bits per heavy atom. The zero-order valence-corrected chi connectivity index (χ0v) is 19.2. The van der Waals surface area contributed by atoms with Crippen molar-refractivity contribution in [2.24, 2.45) is 0 Å². The van der Waals surface area contributed by atoms with Crippen molar-refractivity contribution in [3.8, 4) is 11.5 Å². The Morgan fingerprint density at radius 1 is 1.24 bits per heavy atom. The molecule has 174 valence electrons. The molecule has 1 unspecified atom stereocenters. The minimum atomic E-state index is -3.94. The molecule has 1 aliphatic heterocycles. The minimum absolute atomic E-state index is 0.0620.